The standard InChI is InChI=1S/C21H19F3O5.C10H9F3O2/c1-26-20(25)9-12-11-27-19-10-13(5-6-14(12)19)28-17-8-7-16-15(17)3-2-4-18(16)29-21(22,23)24;11-10(12,13)15-9-3-1-2-6-7(9)4-5-8(6)14/h2-6,10,12,17H,7-9,11H2,1H3;1-3,8,14H,4-5H2/t12-,17-;8-/m10/s1. The average molecular weight is 627 g/mol. The minimum Gasteiger partial charge on any atom is -0.492 e. The molecule has 44 heavy (non-hydrogen) atoms. The molecule has 0 unspecified atom stereocenters. The summed E-state index contributed by atoms with van der Waals surface area (Å²) in [6, 6.07) is 14.3. The fourth-order valence-electron chi connectivity index (χ4n) is 5.69. The van der Waals surface area contributed by atoms with Crippen molar-refractivity contribution in [2.75, 3.05) is 13.7 Å². The van der Waals surface area contributed by atoms with Gasteiger partial charge in [0.25, 0.3) is 0 Å². The maximum atomic E-state index is 12.6. The summed E-state index contributed by atoms with van der Waals surface area (Å²) in [5, 5.41) is 9.47. The molecule has 3 aromatic carbocycles. The Labute approximate surface area is 248 Å². The summed E-state index contributed by atoms with van der Waals surface area (Å²) in [7, 11) is 1.35. The molecule has 1 N–H and O–H groups in total. The Morgan fingerprint density at radius 2 is 1.48 bits per heavy atom. The number of alkyl halides is 6. The lowest BCUT2D eigenvalue weighted by atomic mass is 9.98. The molecule has 1 heterocycles. The minimum atomic E-state index is -4.73. The summed E-state index contributed by atoms with van der Waals surface area (Å²) in [4.78, 5) is 11.5. The molecule has 0 fully saturated rings. The number of carbonyl (C=O) groups excluding carboxylic acids is 1. The van der Waals surface area contributed by atoms with E-state index in [1.807, 2.05) is 6.07 Å². The normalized spacial score (nSPS) is 20.0. The number of benzene rings is 3. The Balaban J connectivity index is 0.000000215. The summed E-state index contributed by atoms with van der Waals surface area (Å²) < 4.78 is 98.4. The molecule has 0 bridgehead atoms. The van der Waals surface area contributed by atoms with Gasteiger partial charge in [0.05, 0.1) is 26.2 Å². The molecule has 0 saturated heterocycles. The molecule has 3 atom stereocenters. The molecule has 13 heteroatoms. The van der Waals surface area contributed by atoms with Crippen LogP contribution < -0.4 is 18.9 Å². The van der Waals surface area contributed by atoms with E-state index in [4.69, 9.17) is 14.2 Å². The van der Waals surface area contributed by atoms with Gasteiger partial charge in [-0.15, -0.1) is 26.3 Å². The van der Waals surface area contributed by atoms with Gasteiger partial charge in [0, 0.05) is 28.7 Å². The molecule has 3 aromatic rings. The number of hydrogen-bond acceptors (Lipinski definition) is 7. The highest BCUT2D eigenvalue weighted by Gasteiger charge is 2.36. The van der Waals surface area contributed by atoms with Crippen molar-refractivity contribution in [2.24, 2.45) is 0 Å². The van der Waals surface area contributed by atoms with E-state index < -0.39 is 18.8 Å². The predicted molar refractivity (Wildman–Crippen MR) is 143 cm³/mol. The van der Waals surface area contributed by atoms with Crippen LogP contribution >= 0.6 is 0 Å². The Morgan fingerprint density at radius 3 is 2.11 bits per heavy atom. The zero-order valence-electron chi connectivity index (χ0n) is 23.3. The number of halogens is 6. The summed E-state index contributed by atoms with van der Waals surface area (Å²) in [5.74, 6) is 0.457. The number of carbonyl (C=O) groups is 1. The highest BCUT2D eigenvalue weighted by molar-refractivity contribution is 5.71. The van der Waals surface area contributed by atoms with Crippen LogP contribution in [0, 0.1) is 0 Å². The number of aliphatic hydroxyl groups is 1. The van der Waals surface area contributed by atoms with E-state index in [1.165, 1.54) is 31.4 Å². The first-order valence-electron chi connectivity index (χ1n) is 13.7. The lowest BCUT2D eigenvalue weighted by Crippen LogP contribution is -2.18. The summed E-state index contributed by atoms with van der Waals surface area (Å²) in [6.45, 7) is 0.387. The highest BCUT2D eigenvalue weighted by atomic mass is 19.4. The van der Waals surface area contributed by atoms with Crippen LogP contribution in [-0.2, 0) is 22.4 Å². The maximum absolute atomic E-state index is 12.6. The number of methoxy groups -OCH3 is 1. The predicted octanol–water partition coefficient (Wildman–Crippen LogP) is 7.26. The summed E-state index contributed by atoms with van der Waals surface area (Å²) in [5.41, 5.74) is 3.12. The third-order valence-electron chi connectivity index (χ3n) is 7.60. The smallest absolute Gasteiger partial charge is 0.492 e. The number of ether oxygens (including phenoxy) is 5. The van der Waals surface area contributed by atoms with Crippen molar-refractivity contribution in [3.05, 3.63) is 82.4 Å². The van der Waals surface area contributed by atoms with Crippen molar-refractivity contribution in [1.82, 2.24) is 0 Å². The van der Waals surface area contributed by atoms with E-state index in [0.29, 0.717) is 66.0 Å². The van der Waals surface area contributed by atoms with Crippen LogP contribution in [0.1, 0.15) is 65.2 Å². The molecule has 1 aliphatic heterocycles. The largest absolute Gasteiger partial charge is 0.573 e. The number of hydrogen-bond donors (Lipinski definition) is 1. The second kappa shape index (κ2) is 12.5. The van der Waals surface area contributed by atoms with Crippen molar-refractivity contribution >= 4 is 5.97 Å². The molecule has 0 saturated carbocycles. The number of rotatable bonds is 6. The number of aliphatic hydroxyl groups excluding tert-OH is 1. The third-order valence-corrected chi connectivity index (χ3v) is 7.60. The summed E-state index contributed by atoms with van der Waals surface area (Å²) >= 11 is 0. The zero-order valence-corrected chi connectivity index (χ0v) is 23.3. The first-order chi connectivity index (χ1) is 20.8. The molecule has 7 nitrogen and oxygen atoms in total. The van der Waals surface area contributed by atoms with Gasteiger partial charge in [-0.1, -0.05) is 30.3 Å². The Kier molecular flexibility index (Phi) is 8.87. The van der Waals surface area contributed by atoms with E-state index in [0.717, 1.165) is 5.56 Å². The van der Waals surface area contributed by atoms with E-state index >= 15 is 0 Å². The van der Waals surface area contributed by atoms with E-state index in [1.54, 1.807) is 24.3 Å². The SMILES string of the molecule is COC(=O)C[C@@H]1COc2cc(O[C@@H]3CCc4c(OC(F)(F)F)cccc43)ccc21.O[C@H]1CCc2c(OC(F)(F)F)cccc21. The zero-order chi connectivity index (χ0) is 31.6. The first kappa shape index (κ1) is 31.3. The van der Waals surface area contributed by atoms with Crippen molar-refractivity contribution in [3.63, 3.8) is 0 Å². The Hall–Kier alpha value is -4.13. The van der Waals surface area contributed by atoms with Crippen LogP contribution in [0.5, 0.6) is 23.0 Å². The van der Waals surface area contributed by atoms with Crippen molar-refractivity contribution in [2.45, 2.75) is 63.0 Å². The second-order valence-corrected chi connectivity index (χ2v) is 10.4. The van der Waals surface area contributed by atoms with Gasteiger partial charge in [-0.2, -0.15) is 0 Å². The average Bonchev–Trinajstić information content (AvgIpc) is 3.66. The Morgan fingerprint density at radius 1 is 0.864 bits per heavy atom. The minimum absolute atomic E-state index is 0.0687. The van der Waals surface area contributed by atoms with Gasteiger partial charge in [0.2, 0.25) is 0 Å². The fourth-order valence-corrected chi connectivity index (χ4v) is 5.69. The van der Waals surface area contributed by atoms with Crippen molar-refractivity contribution < 1.29 is 59.9 Å². The lowest BCUT2D eigenvalue weighted by Gasteiger charge is -2.17. The topological polar surface area (TPSA) is 83.5 Å². The van der Waals surface area contributed by atoms with E-state index in [-0.39, 0.29) is 35.9 Å². The summed E-state index contributed by atoms with van der Waals surface area (Å²) in [6.07, 6.45) is -8.35. The molecule has 0 radical (unpaired) electrons. The Bertz CT molecular complexity index is 1500. The number of fused-ring (bicyclic) bond motifs is 3. The van der Waals surface area contributed by atoms with E-state index in [9.17, 15) is 36.2 Å². The lowest BCUT2D eigenvalue weighted by molar-refractivity contribution is -0.275. The molecule has 0 amide bonds. The molecule has 6 rings (SSSR count). The molecule has 0 aromatic heterocycles. The third kappa shape index (κ3) is 7.32. The number of esters is 1. The van der Waals surface area contributed by atoms with Gasteiger partial charge in [0.15, 0.2) is 0 Å². The highest BCUT2D eigenvalue weighted by Crippen LogP contribution is 2.44. The van der Waals surface area contributed by atoms with Crippen molar-refractivity contribution in [1.29, 1.82) is 0 Å². The van der Waals surface area contributed by atoms with Crippen LogP contribution in [0.25, 0.3) is 0 Å². The van der Waals surface area contributed by atoms with Gasteiger partial charge in [-0.3, -0.25) is 4.79 Å². The van der Waals surface area contributed by atoms with Gasteiger partial charge in [0.1, 0.15) is 29.1 Å². The van der Waals surface area contributed by atoms with Gasteiger partial charge in [-0.25, -0.2) is 0 Å². The van der Waals surface area contributed by atoms with Gasteiger partial charge >= 0.3 is 18.7 Å². The molecule has 2 aliphatic carbocycles. The van der Waals surface area contributed by atoms with E-state index in [2.05, 4.69) is 9.47 Å². The molecular formula is C31H28F6O7. The second-order valence-electron chi connectivity index (χ2n) is 10.4. The first-order valence-corrected chi connectivity index (χ1v) is 13.7. The quantitative estimate of drug-likeness (QED) is 0.228. The van der Waals surface area contributed by atoms with Crippen LogP contribution in [0.15, 0.2) is 54.6 Å². The monoisotopic (exact) mass is 626 g/mol. The molecule has 236 valence electrons. The van der Waals surface area contributed by atoms with Crippen molar-refractivity contribution in [3.8, 4) is 23.0 Å². The molecule has 0 spiro atoms. The fraction of sp³-hybridized carbons (Fsp3) is 0.387. The van der Waals surface area contributed by atoms with Crippen LogP contribution in [0.2, 0.25) is 0 Å². The maximum Gasteiger partial charge on any atom is 0.573 e. The molecule has 3 aliphatic rings. The van der Waals surface area contributed by atoms with Crippen LogP contribution in [-0.4, -0.2) is 37.5 Å². The van der Waals surface area contributed by atoms with Crippen LogP contribution in [0.3, 0.4) is 0 Å². The van der Waals surface area contributed by atoms with Crippen LogP contribution in [0.4, 0.5) is 26.3 Å². The molecular weight excluding hydrogens is 598 g/mol. The van der Waals surface area contributed by atoms with Gasteiger partial charge in [-0.05, 0) is 55.0 Å². The van der Waals surface area contributed by atoms with Gasteiger partial charge < -0.3 is 28.8 Å².